The minimum absolute atomic E-state index is 0.212. The van der Waals surface area contributed by atoms with Crippen molar-refractivity contribution in [2.24, 2.45) is 4.99 Å². The maximum atomic E-state index is 11.9. The summed E-state index contributed by atoms with van der Waals surface area (Å²) in [7, 11) is 0. The van der Waals surface area contributed by atoms with Gasteiger partial charge in [-0.3, -0.25) is 4.79 Å². The van der Waals surface area contributed by atoms with Crippen molar-refractivity contribution in [3.63, 3.8) is 0 Å². The Morgan fingerprint density at radius 2 is 2.10 bits per heavy atom. The van der Waals surface area contributed by atoms with Crippen LogP contribution in [0.15, 0.2) is 51.7 Å². The van der Waals surface area contributed by atoms with E-state index in [1.54, 1.807) is 24.5 Å². The SMILES string of the molecule is Cc1ccc(/C=C2\N=C(c3ccco3)NC2=O)c(C)c1. The summed E-state index contributed by atoms with van der Waals surface area (Å²) >= 11 is 0. The fourth-order valence-electron chi connectivity index (χ4n) is 2.13. The van der Waals surface area contributed by atoms with Crippen molar-refractivity contribution in [2.75, 3.05) is 0 Å². The van der Waals surface area contributed by atoms with Gasteiger partial charge in [-0.1, -0.05) is 23.8 Å². The Balaban J connectivity index is 1.97. The number of furan rings is 1. The van der Waals surface area contributed by atoms with Crippen molar-refractivity contribution < 1.29 is 9.21 Å². The van der Waals surface area contributed by atoms with Crippen LogP contribution >= 0.6 is 0 Å². The molecule has 0 bridgehead atoms. The van der Waals surface area contributed by atoms with E-state index in [0.717, 1.165) is 11.1 Å². The highest BCUT2D eigenvalue weighted by atomic mass is 16.3. The fourth-order valence-corrected chi connectivity index (χ4v) is 2.13. The molecule has 1 aromatic carbocycles. The summed E-state index contributed by atoms with van der Waals surface area (Å²) in [5.74, 6) is 0.801. The van der Waals surface area contributed by atoms with Gasteiger partial charge in [-0.15, -0.1) is 0 Å². The molecule has 20 heavy (non-hydrogen) atoms. The molecule has 2 heterocycles. The second kappa shape index (κ2) is 4.81. The third-order valence-corrected chi connectivity index (χ3v) is 3.17. The summed E-state index contributed by atoms with van der Waals surface area (Å²) in [6.07, 6.45) is 3.34. The number of aliphatic imine (C=N–C) groups is 1. The molecule has 0 radical (unpaired) electrons. The third kappa shape index (κ3) is 2.28. The standard InChI is InChI=1S/C16H14N2O2/c1-10-5-6-12(11(2)8-10)9-13-16(19)18-15(17-13)14-4-3-7-20-14/h3-9H,1-2H3,(H,17,18,19)/b13-9-. The van der Waals surface area contributed by atoms with Crippen LogP contribution in [0, 0.1) is 13.8 Å². The number of hydrogen-bond donors (Lipinski definition) is 1. The highest BCUT2D eigenvalue weighted by molar-refractivity contribution is 6.18. The van der Waals surface area contributed by atoms with E-state index in [1.807, 2.05) is 26.0 Å². The maximum Gasteiger partial charge on any atom is 0.275 e. The van der Waals surface area contributed by atoms with Crippen LogP contribution in [0.1, 0.15) is 22.5 Å². The first kappa shape index (κ1) is 12.4. The number of hydrogen-bond acceptors (Lipinski definition) is 3. The van der Waals surface area contributed by atoms with Crippen LogP contribution < -0.4 is 5.32 Å². The van der Waals surface area contributed by atoms with Crippen molar-refractivity contribution in [3.8, 4) is 0 Å². The van der Waals surface area contributed by atoms with Crippen LogP contribution in [-0.2, 0) is 4.79 Å². The fraction of sp³-hybridized carbons (Fsp3) is 0.125. The van der Waals surface area contributed by atoms with Gasteiger partial charge in [0.15, 0.2) is 11.6 Å². The smallest absolute Gasteiger partial charge is 0.275 e. The molecule has 0 spiro atoms. The summed E-state index contributed by atoms with van der Waals surface area (Å²) in [5.41, 5.74) is 3.70. The van der Waals surface area contributed by atoms with Gasteiger partial charge in [0, 0.05) is 0 Å². The molecule has 1 aliphatic rings. The molecule has 1 amide bonds. The lowest BCUT2D eigenvalue weighted by Gasteiger charge is -2.01. The summed E-state index contributed by atoms with van der Waals surface area (Å²) < 4.78 is 5.23. The molecule has 3 rings (SSSR count). The van der Waals surface area contributed by atoms with Gasteiger partial charge in [0.1, 0.15) is 5.70 Å². The van der Waals surface area contributed by atoms with Gasteiger partial charge >= 0.3 is 0 Å². The van der Waals surface area contributed by atoms with Gasteiger partial charge in [-0.05, 0) is 43.2 Å². The Kier molecular flexibility index (Phi) is 2.99. The topological polar surface area (TPSA) is 54.6 Å². The minimum atomic E-state index is -0.212. The Labute approximate surface area is 116 Å². The molecule has 4 heteroatoms. The van der Waals surface area contributed by atoms with Gasteiger partial charge in [0.05, 0.1) is 6.26 Å². The second-order valence-corrected chi connectivity index (χ2v) is 4.78. The third-order valence-electron chi connectivity index (χ3n) is 3.17. The first-order valence-electron chi connectivity index (χ1n) is 6.36. The van der Waals surface area contributed by atoms with Crippen LogP contribution in [0.3, 0.4) is 0 Å². The summed E-state index contributed by atoms with van der Waals surface area (Å²) in [4.78, 5) is 16.2. The van der Waals surface area contributed by atoms with E-state index >= 15 is 0 Å². The average Bonchev–Trinajstić information content (AvgIpc) is 3.03. The van der Waals surface area contributed by atoms with Crippen LogP contribution in [-0.4, -0.2) is 11.7 Å². The van der Waals surface area contributed by atoms with Crippen LogP contribution in [0.25, 0.3) is 6.08 Å². The number of benzene rings is 1. The lowest BCUT2D eigenvalue weighted by atomic mass is 10.0. The monoisotopic (exact) mass is 266 g/mol. The Bertz CT molecular complexity index is 725. The number of amidine groups is 1. The molecule has 4 nitrogen and oxygen atoms in total. The quantitative estimate of drug-likeness (QED) is 0.850. The van der Waals surface area contributed by atoms with Crippen LogP contribution in [0.2, 0.25) is 0 Å². The molecule has 100 valence electrons. The summed E-state index contributed by atoms with van der Waals surface area (Å²) in [5, 5.41) is 2.71. The molecule has 0 saturated carbocycles. The Morgan fingerprint density at radius 1 is 1.25 bits per heavy atom. The Hall–Kier alpha value is -2.62. The van der Waals surface area contributed by atoms with Crippen molar-refractivity contribution in [1.29, 1.82) is 0 Å². The van der Waals surface area contributed by atoms with Gasteiger partial charge in [0.25, 0.3) is 5.91 Å². The number of amides is 1. The summed E-state index contributed by atoms with van der Waals surface area (Å²) in [6, 6.07) is 9.61. The van der Waals surface area contributed by atoms with Crippen LogP contribution in [0.5, 0.6) is 0 Å². The molecular weight excluding hydrogens is 252 g/mol. The first-order chi connectivity index (χ1) is 9.63. The maximum absolute atomic E-state index is 11.9. The lowest BCUT2D eigenvalue weighted by molar-refractivity contribution is -0.115. The molecule has 1 aliphatic heterocycles. The van der Waals surface area contributed by atoms with E-state index < -0.39 is 0 Å². The second-order valence-electron chi connectivity index (χ2n) is 4.78. The van der Waals surface area contributed by atoms with Crippen molar-refractivity contribution in [2.45, 2.75) is 13.8 Å². The predicted octanol–water partition coefficient (Wildman–Crippen LogP) is 2.81. The van der Waals surface area contributed by atoms with Crippen molar-refractivity contribution in [1.82, 2.24) is 5.32 Å². The normalized spacial score (nSPS) is 16.4. The number of nitrogens with zero attached hydrogens (tertiary/aromatic N) is 1. The van der Waals surface area contributed by atoms with E-state index in [1.165, 1.54) is 5.56 Å². The van der Waals surface area contributed by atoms with Gasteiger partial charge in [-0.25, -0.2) is 4.99 Å². The Morgan fingerprint density at radius 3 is 2.80 bits per heavy atom. The molecule has 0 saturated heterocycles. The molecule has 2 aromatic rings. The number of carbonyl (C=O) groups is 1. The molecule has 0 unspecified atom stereocenters. The zero-order valence-corrected chi connectivity index (χ0v) is 11.3. The molecule has 0 atom stereocenters. The largest absolute Gasteiger partial charge is 0.461 e. The molecule has 0 aliphatic carbocycles. The lowest BCUT2D eigenvalue weighted by Crippen LogP contribution is -2.24. The highest BCUT2D eigenvalue weighted by Gasteiger charge is 2.22. The van der Waals surface area contributed by atoms with Crippen molar-refractivity contribution in [3.05, 3.63) is 64.7 Å². The van der Waals surface area contributed by atoms with E-state index in [9.17, 15) is 4.79 Å². The molecule has 1 aromatic heterocycles. The first-order valence-corrected chi connectivity index (χ1v) is 6.36. The molecule has 0 fully saturated rings. The highest BCUT2D eigenvalue weighted by Crippen LogP contribution is 2.18. The molecular formula is C16H14N2O2. The minimum Gasteiger partial charge on any atom is -0.461 e. The zero-order chi connectivity index (χ0) is 14.1. The van der Waals surface area contributed by atoms with Gasteiger partial charge in [-0.2, -0.15) is 0 Å². The van der Waals surface area contributed by atoms with Crippen molar-refractivity contribution >= 4 is 17.8 Å². The average molecular weight is 266 g/mol. The predicted molar refractivity (Wildman–Crippen MR) is 77.3 cm³/mol. The summed E-state index contributed by atoms with van der Waals surface area (Å²) in [6.45, 7) is 4.06. The zero-order valence-electron chi connectivity index (χ0n) is 11.3. The van der Waals surface area contributed by atoms with Gasteiger partial charge in [0.2, 0.25) is 0 Å². The van der Waals surface area contributed by atoms with E-state index in [4.69, 9.17) is 4.42 Å². The van der Waals surface area contributed by atoms with E-state index in [0.29, 0.717) is 17.3 Å². The molecule has 1 N–H and O–H groups in total. The number of nitrogens with one attached hydrogen (secondary N) is 1. The van der Waals surface area contributed by atoms with Gasteiger partial charge < -0.3 is 9.73 Å². The van der Waals surface area contributed by atoms with E-state index in [-0.39, 0.29) is 5.91 Å². The van der Waals surface area contributed by atoms with Crippen LogP contribution in [0.4, 0.5) is 0 Å². The van der Waals surface area contributed by atoms with E-state index in [2.05, 4.69) is 16.4 Å². The number of rotatable bonds is 2. The number of aryl methyl sites for hydroxylation is 2. The number of carbonyl (C=O) groups excluding carboxylic acids is 1.